The van der Waals surface area contributed by atoms with Crippen LogP contribution in [0.5, 0.6) is 0 Å². The zero-order chi connectivity index (χ0) is 32.0. The van der Waals surface area contributed by atoms with E-state index in [-0.39, 0.29) is 6.42 Å². The third-order valence-corrected chi connectivity index (χ3v) is 6.87. The summed E-state index contributed by atoms with van der Waals surface area (Å²) in [5, 5.41) is 0. The van der Waals surface area contributed by atoms with Gasteiger partial charge in [-0.2, -0.15) is 0 Å². The molecule has 0 aliphatic carbocycles. The maximum absolute atomic E-state index is 11.8. The summed E-state index contributed by atoms with van der Waals surface area (Å²) in [6.07, 6.45) is 54.6. The van der Waals surface area contributed by atoms with Gasteiger partial charge in [-0.3, -0.25) is 0 Å². The van der Waals surface area contributed by atoms with Gasteiger partial charge in [-0.05, 0) is 51.4 Å². The molecule has 0 saturated carbocycles. The van der Waals surface area contributed by atoms with E-state index in [1.807, 2.05) is 30.4 Å². The van der Waals surface area contributed by atoms with Crippen LogP contribution in [-0.2, 0) is 19.4 Å². The van der Waals surface area contributed by atoms with E-state index in [9.17, 15) is 9.59 Å². The van der Waals surface area contributed by atoms with Crippen molar-refractivity contribution >= 4 is 11.9 Å². The van der Waals surface area contributed by atoms with E-state index >= 15 is 0 Å². The zero-order valence-corrected chi connectivity index (χ0v) is 28.0. The lowest BCUT2D eigenvalue weighted by Crippen LogP contribution is -2.09. The quantitative estimate of drug-likeness (QED) is 0.0222. The molecule has 0 atom stereocenters. The fourth-order valence-corrected chi connectivity index (χ4v) is 4.31. The highest BCUT2D eigenvalue weighted by Gasteiger charge is 2.06. The van der Waals surface area contributed by atoms with Crippen molar-refractivity contribution in [1.29, 1.82) is 0 Å². The minimum atomic E-state index is -0.708. The fraction of sp³-hybridized carbons (Fsp3) is 0.550. The molecule has 0 aliphatic heterocycles. The van der Waals surface area contributed by atoms with Gasteiger partial charge < -0.3 is 0 Å². The van der Waals surface area contributed by atoms with Crippen LogP contribution >= 0.6 is 0 Å². The Kier molecular flexibility index (Phi) is 33.5. The van der Waals surface area contributed by atoms with Gasteiger partial charge in [-0.25, -0.2) is 19.4 Å². The van der Waals surface area contributed by atoms with Crippen LogP contribution in [-0.4, -0.2) is 11.9 Å². The average Bonchev–Trinajstić information content (AvgIpc) is 3.03. The van der Waals surface area contributed by atoms with Crippen LogP contribution in [0.2, 0.25) is 0 Å². The number of unbranched alkanes of at least 4 members (excludes halogenated alkanes) is 14. The highest BCUT2D eigenvalue weighted by molar-refractivity contribution is 5.82. The van der Waals surface area contributed by atoms with Crippen LogP contribution in [0.3, 0.4) is 0 Å². The summed E-state index contributed by atoms with van der Waals surface area (Å²) in [7, 11) is 0. The number of rotatable bonds is 28. The molecule has 0 saturated heterocycles. The molecule has 4 nitrogen and oxygen atoms in total. The molecule has 0 aromatic carbocycles. The van der Waals surface area contributed by atoms with Crippen LogP contribution in [0.15, 0.2) is 97.2 Å². The van der Waals surface area contributed by atoms with Gasteiger partial charge in [0.05, 0.1) is 6.42 Å². The molecule has 0 aromatic rings. The van der Waals surface area contributed by atoms with Crippen molar-refractivity contribution in [1.82, 2.24) is 0 Å². The molecule has 0 heterocycles. The lowest BCUT2D eigenvalue weighted by atomic mass is 10.1. The molecular weight excluding hydrogens is 544 g/mol. The van der Waals surface area contributed by atoms with Crippen LogP contribution < -0.4 is 0 Å². The predicted molar refractivity (Wildman–Crippen MR) is 189 cm³/mol. The predicted octanol–water partition coefficient (Wildman–Crippen LogP) is 12.3. The second-order valence-electron chi connectivity index (χ2n) is 11.0. The van der Waals surface area contributed by atoms with Gasteiger partial charge in [0, 0.05) is 6.08 Å². The first-order chi connectivity index (χ1) is 21.7. The molecule has 0 bridgehead atoms. The molecule has 0 N–H and O–H groups in total. The monoisotopic (exact) mass is 606 g/mol. The molecule has 246 valence electrons. The van der Waals surface area contributed by atoms with Crippen molar-refractivity contribution < 1.29 is 19.4 Å². The Morgan fingerprint density at radius 3 is 1.55 bits per heavy atom. The molecule has 44 heavy (non-hydrogen) atoms. The summed E-state index contributed by atoms with van der Waals surface area (Å²) in [4.78, 5) is 32.6. The topological polar surface area (TPSA) is 52.6 Å². The van der Waals surface area contributed by atoms with Crippen molar-refractivity contribution in [2.24, 2.45) is 0 Å². The molecule has 0 fully saturated rings. The smallest absolute Gasteiger partial charge is 0.247 e. The van der Waals surface area contributed by atoms with Gasteiger partial charge in [0.1, 0.15) is 0 Å². The SMILES string of the molecule is CC/C=C\C/C=C\C/C=C\CCCCCCCC(=O)OOC(=O)/C=C/C=C/C=C/C=C/C=C/CCCCCCCCCCC. The Balaban J connectivity index is 3.66. The Hall–Kier alpha value is -3.14. The first-order valence-electron chi connectivity index (χ1n) is 17.4. The number of carbonyl (C=O) groups excluding carboxylic acids is 2. The average molecular weight is 607 g/mol. The molecule has 0 aromatic heterocycles. The molecule has 0 aliphatic rings. The number of allylic oxidation sites excluding steroid dienone is 15. The second kappa shape index (κ2) is 36.1. The molecule has 0 spiro atoms. The van der Waals surface area contributed by atoms with Crippen LogP contribution in [0.1, 0.15) is 142 Å². The van der Waals surface area contributed by atoms with Gasteiger partial charge in [0.15, 0.2) is 0 Å². The number of hydrogen-bond donors (Lipinski definition) is 0. The minimum absolute atomic E-state index is 0.253. The lowest BCUT2D eigenvalue weighted by molar-refractivity contribution is -0.255. The van der Waals surface area contributed by atoms with Crippen molar-refractivity contribution in [3.63, 3.8) is 0 Å². The van der Waals surface area contributed by atoms with E-state index in [4.69, 9.17) is 0 Å². The van der Waals surface area contributed by atoms with Crippen LogP contribution in [0, 0.1) is 0 Å². The zero-order valence-electron chi connectivity index (χ0n) is 28.0. The summed E-state index contributed by atoms with van der Waals surface area (Å²) >= 11 is 0. The van der Waals surface area contributed by atoms with Crippen molar-refractivity contribution in [2.75, 3.05) is 0 Å². The second-order valence-corrected chi connectivity index (χ2v) is 11.0. The van der Waals surface area contributed by atoms with E-state index in [1.54, 1.807) is 12.2 Å². The van der Waals surface area contributed by atoms with Gasteiger partial charge in [-0.15, -0.1) is 0 Å². The summed E-state index contributed by atoms with van der Waals surface area (Å²) in [6, 6.07) is 0. The molecule has 0 rings (SSSR count). The van der Waals surface area contributed by atoms with E-state index in [0.717, 1.165) is 64.2 Å². The largest absolute Gasteiger partial charge is 0.379 e. The van der Waals surface area contributed by atoms with Gasteiger partial charge in [-0.1, -0.05) is 176 Å². The van der Waals surface area contributed by atoms with E-state index < -0.39 is 11.9 Å². The van der Waals surface area contributed by atoms with Gasteiger partial charge in [0.25, 0.3) is 0 Å². The van der Waals surface area contributed by atoms with Crippen LogP contribution in [0.25, 0.3) is 0 Å². The third-order valence-electron chi connectivity index (χ3n) is 6.87. The number of hydrogen-bond acceptors (Lipinski definition) is 4. The van der Waals surface area contributed by atoms with Gasteiger partial charge >= 0.3 is 11.9 Å². The Labute approximate surface area is 270 Å². The first-order valence-corrected chi connectivity index (χ1v) is 17.4. The number of carbonyl (C=O) groups is 2. The van der Waals surface area contributed by atoms with Crippen molar-refractivity contribution in [3.05, 3.63) is 97.2 Å². The summed E-state index contributed by atoms with van der Waals surface area (Å²) in [6.45, 7) is 4.41. The summed E-state index contributed by atoms with van der Waals surface area (Å²) in [5.74, 6) is -1.22. The minimum Gasteiger partial charge on any atom is -0.247 e. The fourth-order valence-electron chi connectivity index (χ4n) is 4.31. The highest BCUT2D eigenvalue weighted by Crippen LogP contribution is 2.11. The lowest BCUT2D eigenvalue weighted by Gasteiger charge is -2.01. The van der Waals surface area contributed by atoms with E-state index in [2.05, 4.69) is 72.2 Å². The Morgan fingerprint density at radius 2 is 0.932 bits per heavy atom. The highest BCUT2D eigenvalue weighted by atomic mass is 17.2. The van der Waals surface area contributed by atoms with Crippen molar-refractivity contribution in [3.8, 4) is 0 Å². The maximum Gasteiger partial charge on any atom is 0.379 e. The maximum atomic E-state index is 11.8. The van der Waals surface area contributed by atoms with Crippen LogP contribution in [0.4, 0.5) is 0 Å². The molecular formula is C40H62O4. The van der Waals surface area contributed by atoms with E-state index in [0.29, 0.717) is 0 Å². The third kappa shape index (κ3) is 35.1. The van der Waals surface area contributed by atoms with E-state index in [1.165, 1.54) is 63.9 Å². The standard InChI is InChI=1S/C40H62O4/c1-3-5-7-9-11-13-15-17-19-20-21-22-24-26-28-30-32-34-36-38-40(42)44-43-39(41)37-35-33-31-29-27-25-23-18-16-14-12-10-8-6-4-2/h6,8,12,14,18,21-24,26,28,30,32,34,36,38H,3-5,7,9-11,13,15-17,19-20,25,27,29,31,33,35,37H2,1-2H3/b8-6-,14-12-,22-21+,23-18-,26-24+,30-28+,34-32+,38-36+. The summed E-state index contributed by atoms with van der Waals surface area (Å²) in [5.41, 5.74) is 0. The summed E-state index contributed by atoms with van der Waals surface area (Å²) < 4.78 is 0. The molecule has 4 heteroatoms. The molecule has 0 radical (unpaired) electrons. The molecule has 0 unspecified atom stereocenters. The van der Waals surface area contributed by atoms with Gasteiger partial charge in [0.2, 0.25) is 0 Å². The Bertz CT molecular complexity index is 898. The molecule has 0 amide bonds. The Morgan fingerprint density at radius 1 is 0.455 bits per heavy atom. The first kappa shape index (κ1) is 40.9. The normalized spacial score (nSPS) is 12.7. The van der Waals surface area contributed by atoms with Crippen molar-refractivity contribution in [2.45, 2.75) is 142 Å².